The standard InChI is InChI=1S/C23H18BrClN4OS/c24-17-8-6-16(7-9-17)21(30)15-31-23-28-27-22(29(23)20-4-2-1-3-5-20)14-26-19-12-10-18(25)11-13-19/h1-13,26H,14-15H2. The Morgan fingerprint density at radius 3 is 2.39 bits per heavy atom. The first-order valence-electron chi connectivity index (χ1n) is 9.51. The summed E-state index contributed by atoms with van der Waals surface area (Å²) in [6.45, 7) is 0.477. The molecule has 0 spiro atoms. The number of carbonyl (C=O) groups excluding carboxylic acids is 1. The van der Waals surface area contributed by atoms with Gasteiger partial charge in [0.15, 0.2) is 16.8 Å². The van der Waals surface area contributed by atoms with Gasteiger partial charge in [-0.25, -0.2) is 0 Å². The predicted molar refractivity (Wildman–Crippen MR) is 129 cm³/mol. The zero-order valence-corrected chi connectivity index (χ0v) is 19.5. The molecule has 0 bridgehead atoms. The van der Waals surface area contributed by atoms with Crippen LogP contribution in [0.25, 0.3) is 5.69 Å². The van der Waals surface area contributed by atoms with Crippen molar-refractivity contribution in [3.63, 3.8) is 0 Å². The molecule has 0 fully saturated rings. The van der Waals surface area contributed by atoms with E-state index >= 15 is 0 Å². The Balaban J connectivity index is 1.53. The van der Waals surface area contributed by atoms with E-state index in [9.17, 15) is 4.79 Å². The van der Waals surface area contributed by atoms with Crippen LogP contribution < -0.4 is 5.32 Å². The number of para-hydroxylation sites is 1. The van der Waals surface area contributed by atoms with Gasteiger partial charge in [0, 0.05) is 26.4 Å². The van der Waals surface area contributed by atoms with Crippen molar-refractivity contribution in [3.8, 4) is 5.69 Å². The Kier molecular flexibility index (Phi) is 7.06. The molecule has 4 rings (SSSR count). The van der Waals surface area contributed by atoms with Crippen LogP contribution in [0.3, 0.4) is 0 Å². The molecule has 0 saturated carbocycles. The van der Waals surface area contributed by atoms with Gasteiger partial charge in [-0.1, -0.05) is 69.6 Å². The van der Waals surface area contributed by atoms with E-state index in [1.807, 2.05) is 83.4 Å². The van der Waals surface area contributed by atoms with Gasteiger partial charge in [0.2, 0.25) is 0 Å². The van der Waals surface area contributed by atoms with Crippen LogP contribution in [-0.2, 0) is 6.54 Å². The SMILES string of the molecule is O=C(CSc1nnc(CNc2ccc(Cl)cc2)n1-c1ccccc1)c1ccc(Br)cc1. The normalized spacial score (nSPS) is 10.8. The largest absolute Gasteiger partial charge is 0.378 e. The van der Waals surface area contributed by atoms with Crippen molar-refractivity contribution >= 4 is 50.8 Å². The lowest BCUT2D eigenvalue weighted by atomic mass is 10.2. The minimum atomic E-state index is 0.0425. The molecule has 0 aliphatic carbocycles. The summed E-state index contributed by atoms with van der Waals surface area (Å²) >= 11 is 10.7. The summed E-state index contributed by atoms with van der Waals surface area (Å²) in [6.07, 6.45) is 0. The molecule has 1 heterocycles. The maximum absolute atomic E-state index is 12.6. The number of hydrogen-bond acceptors (Lipinski definition) is 5. The summed E-state index contributed by atoms with van der Waals surface area (Å²) in [6, 6.07) is 24.7. The van der Waals surface area contributed by atoms with Crippen LogP contribution in [0, 0.1) is 0 Å². The minimum Gasteiger partial charge on any atom is -0.378 e. The van der Waals surface area contributed by atoms with Crippen molar-refractivity contribution in [1.82, 2.24) is 14.8 Å². The first kappa shape index (κ1) is 21.6. The lowest BCUT2D eigenvalue weighted by Crippen LogP contribution is -2.09. The topological polar surface area (TPSA) is 59.8 Å². The maximum atomic E-state index is 12.6. The summed E-state index contributed by atoms with van der Waals surface area (Å²) < 4.78 is 2.92. The molecule has 0 radical (unpaired) electrons. The van der Waals surface area contributed by atoms with E-state index < -0.39 is 0 Å². The van der Waals surface area contributed by atoms with Crippen molar-refractivity contribution in [2.45, 2.75) is 11.7 Å². The number of anilines is 1. The van der Waals surface area contributed by atoms with Gasteiger partial charge in [-0.3, -0.25) is 9.36 Å². The van der Waals surface area contributed by atoms with Crippen LogP contribution in [-0.4, -0.2) is 26.3 Å². The van der Waals surface area contributed by atoms with Crippen LogP contribution in [0.4, 0.5) is 5.69 Å². The van der Waals surface area contributed by atoms with E-state index in [1.165, 1.54) is 11.8 Å². The lowest BCUT2D eigenvalue weighted by Gasteiger charge is -2.11. The van der Waals surface area contributed by atoms with Crippen molar-refractivity contribution in [2.24, 2.45) is 0 Å². The number of rotatable bonds is 8. The highest BCUT2D eigenvalue weighted by Crippen LogP contribution is 2.24. The first-order chi connectivity index (χ1) is 15.1. The van der Waals surface area contributed by atoms with Crippen LogP contribution in [0.1, 0.15) is 16.2 Å². The molecule has 1 aromatic heterocycles. The first-order valence-corrected chi connectivity index (χ1v) is 11.7. The van der Waals surface area contributed by atoms with Gasteiger partial charge < -0.3 is 5.32 Å². The fourth-order valence-corrected chi connectivity index (χ4v) is 4.20. The molecule has 4 aromatic rings. The number of ketones is 1. The second-order valence-electron chi connectivity index (χ2n) is 6.65. The highest BCUT2D eigenvalue weighted by atomic mass is 79.9. The summed E-state index contributed by atoms with van der Waals surface area (Å²) in [5.41, 5.74) is 2.55. The fraction of sp³-hybridized carbons (Fsp3) is 0.0870. The van der Waals surface area contributed by atoms with E-state index in [0.717, 1.165) is 21.7 Å². The van der Waals surface area contributed by atoms with Gasteiger partial charge in [-0.05, 0) is 48.5 Å². The number of nitrogens with one attached hydrogen (secondary N) is 1. The zero-order valence-electron chi connectivity index (χ0n) is 16.3. The smallest absolute Gasteiger partial charge is 0.196 e. The maximum Gasteiger partial charge on any atom is 0.196 e. The summed E-state index contributed by atoms with van der Waals surface area (Å²) in [7, 11) is 0. The third kappa shape index (κ3) is 5.55. The molecule has 0 amide bonds. The molecule has 0 aliphatic rings. The highest BCUT2D eigenvalue weighted by molar-refractivity contribution is 9.10. The van der Waals surface area contributed by atoms with Gasteiger partial charge in [-0.2, -0.15) is 0 Å². The quantitative estimate of drug-likeness (QED) is 0.222. The third-order valence-corrected chi connectivity index (χ3v) is 6.22. The van der Waals surface area contributed by atoms with Crippen LogP contribution in [0.5, 0.6) is 0 Å². The lowest BCUT2D eigenvalue weighted by molar-refractivity contribution is 0.102. The second-order valence-corrected chi connectivity index (χ2v) is 8.94. The number of hydrogen-bond donors (Lipinski definition) is 1. The minimum absolute atomic E-state index is 0.0425. The third-order valence-electron chi connectivity index (χ3n) is 4.51. The van der Waals surface area contributed by atoms with Gasteiger partial charge in [0.05, 0.1) is 12.3 Å². The Labute approximate surface area is 198 Å². The van der Waals surface area contributed by atoms with E-state index in [-0.39, 0.29) is 11.5 Å². The number of benzene rings is 3. The van der Waals surface area contributed by atoms with Crippen molar-refractivity contribution in [2.75, 3.05) is 11.1 Å². The summed E-state index contributed by atoms with van der Waals surface area (Å²) in [5, 5.41) is 13.4. The van der Waals surface area contributed by atoms with Crippen LogP contribution >= 0.6 is 39.3 Å². The molecule has 0 atom stereocenters. The molecule has 156 valence electrons. The van der Waals surface area contributed by atoms with Crippen molar-refractivity contribution < 1.29 is 4.79 Å². The van der Waals surface area contributed by atoms with Gasteiger partial charge in [-0.15, -0.1) is 10.2 Å². The van der Waals surface area contributed by atoms with E-state index in [1.54, 1.807) is 0 Å². The number of Topliss-reactive ketones (excluding diaryl/α,β-unsaturated/α-hetero) is 1. The number of carbonyl (C=O) groups is 1. The van der Waals surface area contributed by atoms with Crippen LogP contribution in [0.2, 0.25) is 5.02 Å². The van der Waals surface area contributed by atoms with Crippen LogP contribution in [0.15, 0.2) is 88.5 Å². The van der Waals surface area contributed by atoms with E-state index in [4.69, 9.17) is 11.6 Å². The van der Waals surface area contributed by atoms with E-state index in [0.29, 0.717) is 22.3 Å². The summed E-state index contributed by atoms with van der Waals surface area (Å²) in [4.78, 5) is 12.6. The van der Waals surface area contributed by atoms with Crippen molar-refractivity contribution in [1.29, 1.82) is 0 Å². The Bertz CT molecular complexity index is 1160. The number of nitrogens with zero attached hydrogens (tertiary/aromatic N) is 3. The summed E-state index contributed by atoms with van der Waals surface area (Å²) in [5.74, 6) is 1.07. The molecule has 0 aliphatic heterocycles. The average Bonchev–Trinajstić information content (AvgIpc) is 3.21. The van der Waals surface area contributed by atoms with Gasteiger partial charge in [0.25, 0.3) is 0 Å². The number of halogens is 2. The molecule has 5 nitrogen and oxygen atoms in total. The van der Waals surface area contributed by atoms with E-state index in [2.05, 4.69) is 31.4 Å². The molecule has 1 N–H and O–H groups in total. The molecular weight excluding hydrogens is 496 g/mol. The molecule has 8 heteroatoms. The molecule has 0 unspecified atom stereocenters. The highest BCUT2D eigenvalue weighted by Gasteiger charge is 2.16. The molecular formula is C23H18BrClN4OS. The average molecular weight is 514 g/mol. The predicted octanol–water partition coefficient (Wildman–Crippen LogP) is 6.27. The van der Waals surface area contributed by atoms with Gasteiger partial charge >= 0.3 is 0 Å². The molecule has 3 aromatic carbocycles. The van der Waals surface area contributed by atoms with Crippen molar-refractivity contribution in [3.05, 3.63) is 99.7 Å². The molecule has 0 saturated heterocycles. The molecule has 31 heavy (non-hydrogen) atoms. The Hall–Kier alpha value is -2.61. The Morgan fingerprint density at radius 2 is 1.68 bits per heavy atom. The number of thioether (sulfide) groups is 1. The zero-order chi connectivity index (χ0) is 21.6. The number of aromatic nitrogens is 3. The van der Waals surface area contributed by atoms with Gasteiger partial charge in [0.1, 0.15) is 0 Å². The fourth-order valence-electron chi connectivity index (χ4n) is 2.94. The second kappa shape index (κ2) is 10.1. The monoisotopic (exact) mass is 512 g/mol. The Morgan fingerprint density at radius 1 is 0.968 bits per heavy atom.